The lowest BCUT2D eigenvalue weighted by Crippen LogP contribution is -2.27. The van der Waals surface area contributed by atoms with Crippen LogP contribution in [0.5, 0.6) is 11.5 Å². The van der Waals surface area contributed by atoms with Crippen LogP contribution in [0.15, 0.2) is 48.5 Å². The van der Waals surface area contributed by atoms with Crippen molar-refractivity contribution in [2.24, 2.45) is 5.92 Å². The molecule has 1 heterocycles. The number of carbonyl (C=O) groups excluding carboxylic acids is 1. The van der Waals surface area contributed by atoms with Gasteiger partial charge in [0, 0.05) is 17.5 Å². The van der Waals surface area contributed by atoms with Crippen molar-refractivity contribution in [1.82, 2.24) is 0 Å². The highest BCUT2D eigenvalue weighted by Crippen LogP contribution is 2.34. The molecule has 0 unspecified atom stereocenters. The van der Waals surface area contributed by atoms with E-state index in [9.17, 15) is 35.5 Å². The van der Waals surface area contributed by atoms with Crippen LogP contribution in [0.2, 0.25) is 0 Å². The quantitative estimate of drug-likeness (QED) is 0.156. The van der Waals surface area contributed by atoms with Gasteiger partial charge in [-0.25, -0.2) is 22.4 Å². The zero-order chi connectivity index (χ0) is 29.0. The number of halogens is 7. The number of esters is 1. The second kappa shape index (κ2) is 12.3. The Balaban J connectivity index is 1.47. The molecule has 214 valence electrons. The fourth-order valence-corrected chi connectivity index (χ4v) is 4.15. The van der Waals surface area contributed by atoms with Gasteiger partial charge in [0.1, 0.15) is 23.2 Å². The number of rotatable bonds is 8. The van der Waals surface area contributed by atoms with E-state index >= 15 is 0 Å². The molecule has 0 saturated carbocycles. The predicted molar refractivity (Wildman–Crippen MR) is 127 cm³/mol. The number of unbranched alkanes of at least 4 members (excludes halogenated alkanes) is 1. The van der Waals surface area contributed by atoms with Crippen molar-refractivity contribution in [2.45, 2.75) is 38.8 Å². The summed E-state index contributed by atoms with van der Waals surface area (Å²) in [5.41, 5.74) is -1.33. The Morgan fingerprint density at radius 2 is 1.57 bits per heavy atom. The highest BCUT2D eigenvalue weighted by atomic mass is 19.4. The van der Waals surface area contributed by atoms with E-state index in [1.165, 1.54) is 0 Å². The van der Waals surface area contributed by atoms with Crippen molar-refractivity contribution in [1.29, 1.82) is 0 Å². The second-order valence-electron chi connectivity index (χ2n) is 9.09. The van der Waals surface area contributed by atoms with Crippen molar-refractivity contribution < 1.29 is 54.5 Å². The summed E-state index contributed by atoms with van der Waals surface area (Å²) in [5.74, 6) is -7.53. The number of alkyl halides is 3. The summed E-state index contributed by atoms with van der Waals surface area (Å²) < 4.78 is 115. The molecule has 5 nitrogen and oxygen atoms in total. The standard InChI is InChI=1S/C28H23F7O5/c1-2-3-4-15-13-37-27(38-14-15)17-10-22(31)25(23(32)11-17)16-5-7-19(20(29)9-16)26(36)39-18-6-8-24(21(30)12-18)40-28(33,34)35/h5-12,15,27H,2-4,13-14H2,1H3. The molecule has 1 aliphatic rings. The Bertz CT molecular complexity index is 1340. The Kier molecular flexibility index (Phi) is 8.99. The first kappa shape index (κ1) is 29.3. The molecule has 0 radical (unpaired) electrons. The molecule has 1 fully saturated rings. The normalized spacial score (nSPS) is 17.5. The molecule has 12 heteroatoms. The van der Waals surface area contributed by atoms with Crippen LogP contribution in [0, 0.1) is 29.2 Å². The van der Waals surface area contributed by atoms with Gasteiger partial charge in [0.2, 0.25) is 0 Å². The Hall–Kier alpha value is -3.64. The molecule has 0 atom stereocenters. The van der Waals surface area contributed by atoms with E-state index in [2.05, 4.69) is 11.7 Å². The topological polar surface area (TPSA) is 54.0 Å². The Labute approximate surface area is 224 Å². The van der Waals surface area contributed by atoms with Gasteiger partial charge < -0.3 is 18.9 Å². The second-order valence-corrected chi connectivity index (χ2v) is 9.09. The van der Waals surface area contributed by atoms with Crippen LogP contribution in [0.4, 0.5) is 30.7 Å². The van der Waals surface area contributed by atoms with Gasteiger partial charge in [-0.15, -0.1) is 13.2 Å². The third kappa shape index (κ3) is 7.11. The van der Waals surface area contributed by atoms with Crippen molar-refractivity contribution >= 4 is 5.97 Å². The fourth-order valence-electron chi connectivity index (χ4n) is 4.15. The summed E-state index contributed by atoms with van der Waals surface area (Å²) in [4.78, 5) is 12.4. The monoisotopic (exact) mass is 572 g/mol. The smallest absolute Gasteiger partial charge is 0.423 e. The Morgan fingerprint density at radius 3 is 2.15 bits per heavy atom. The van der Waals surface area contributed by atoms with Gasteiger partial charge in [-0.1, -0.05) is 25.8 Å². The van der Waals surface area contributed by atoms with Crippen LogP contribution in [0.3, 0.4) is 0 Å². The van der Waals surface area contributed by atoms with E-state index in [4.69, 9.17) is 14.2 Å². The first-order valence-corrected chi connectivity index (χ1v) is 12.2. The molecule has 0 spiro atoms. The first-order valence-electron chi connectivity index (χ1n) is 12.2. The third-order valence-corrected chi connectivity index (χ3v) is 6.09. The van der Waals surface area contributed by atoms with E-state index in [-0.39, 0.29) is 17.0 Å². The van der Waals surface area contributed by atoms with Crippen LogP contribution in [-0.4, -0.2) is 25.5 Å². The van der Waals surface area contributed by atoms with Crippen LogP contribution >= 0.6 is 0 Å². The molecular formula is C28H23F7O5. The van der Waals surface area contributed by atoms with Gasteiger partial charge in [-0.3, -0.25) is 0 Å². The summed E-state index contributed by atoms with van der Waals surface area (Å²) in [5, 5.41) is 0. The van der Waals surface area contributed by atoms with Gasteiger partial charge in [-0.05, 0) is 48.4 Å². The molecule has 1 saturated heterocycles. The van der Waals surface area contributed by atoms with Crippen molar-refractivity contribution in [3.63, 3.8) is 0 Å². The lowest BCUT2D eigenvalue weighted by molar-refractivity contribution is -0.275. The van der Waals surface area contributed by atoms with Crippen LogP contribution < -0.4 is 9.47 Å². The molecule has 0 aliphatic carbocycles. The van der Waals surface area contributed by atoms with Gasteiger partial charge in [0.05, 0.1) is 24.3 Å². The van der Waals surface area contributed by atoms with Gasteiger partial charge in [-0.2, -0.15) is 0 Å². The van der Waals surface area contributed by atoms with Gasteiger partial charge in [0.25, 0.3) is 0 Å². The van der Waals surface area contributed by atoms with Gasteiger partial charge >= 0.3 is 12.3 Å². The summed E-state index contributed by atoms with van der Waals surface area (Å²) >= 11 is 0. The average molecular weight is 572 g/mol. The average Bonchev–Trinajstić information content (AvgIpc) is 2.88. The summed E-state index contributed by atoms with van der Waals surface area (Å²) in [7, 11) is 0. The molecule has 0 amide bonds. The van der Waals surface area contributed by atoms with Crippen LogP contribution in [-0.2, 0) is 9.47 Å². The van der Waals surface area contributed by atoms with Crippen molar-refractivity contribution in [3.05, 3.63) is 82.9 Å². The molecule has 4 rings (SSSR count). The van der Waals surface area contributed by atoms with E-state index in [0.717, 1.165) is 49.6 Å². The van der Waals surface area contributed by atoms with E-state index in [1.54, 1.807) is 0 Å². The van der Waals surface area contributed by atoms with Crippen LogP contribution in [0.1, 0.15) is 48.4 Å². The Morgan fingerprint density at radius 1 is 0.900 bits per heavy atom. The van der Waals surface area contributed by atoms with Gasteiger partial charge in [0.15, 0.2) is 17.9 Å². The van der Waals surface area contributed by atoms with E-state index < -0.39 is 64.5 Å². The summed E-state index contributed by atoms with van der Waals surface area (Å²) in [6.45, 7) is 2.84. The number of carbonyl (C=O) groups is 1. The minimum absolute atomic E-state index is 0.118. The fraction of sp³-hybridized carbons (Fsp3) is 0.321. The molecule has 3 aromatic carbocycles. The summed E-state index contributed by atoms with van der Waals surface area (Å²) in [6, 6.07) is 6.58. The minimum atomic E-state index is -5.14. The zero-order valence-electron chi connectivity index (χ0n) is 21.0. The summed E-state index contributed by atoms with van der Waals surface area (Å²) in [6.07, 6.45) is -3.14. The molecule has 40 heavy (non-hydrogen) atoms. The molecule has 3 aromatic rings. The minimum Gasteiger partial charge on any atom is -0.423 e. The molecule has 0 bridgehead atoms. The highest BCUT2D eigenvalue weighted by Gasteiger charge is 2.32. The molecule has 1 aliphatic heterocycles. The molecular weight excluding hydrogens is 549 g/mol. The van der Waals surface area contributed by atoms with E-state index in [0.29, 0.717) is 31.4 Å². The van der Waals surface area contributed by atoms with E-state index in [1.807, 2.05) is 0 Å². The zero-order valence-corrected chi connectivity index (χ0v) is 21.0. The van der Waals surface area contributed by atoms with Crippen molar-refractivity contribution in [2.75, 3.05) is 13.2 Å². The molecule has 0 N–H and O–H groups in total. The number of hydrogen-bond donors (Lipinski definition) is 0. The largest absolute Gasteiger partial charge is 0.573 e. The maximum absolute atomic E-state index is 15.0. The maximum Gasteiger partial charge on any atom is 0.573 e. The van der Waals surface area contributed by atoms with Crippen LogP contribution in [0.25, 0.3) is 11.1 Å². The lowest BCUT2D eigenvalue weighted by atomic mass is 9.99. The SMILES string of the molecule is CCCCC1COC(c2cc(F)c(-c3ccc(C(=O)Oc4ccc(OC(F)(F)F)c(F)c4)c(F)c3)c(F)c2)OC1. The third-order valence-electron chi connectivity index (χ3n) is 6.09. The number of ether oxygens (including phenoxy) is 4. The number of hydrogen-bond acceptors (Lipinski definition) is 5. The molecule has 0 aromatic heterocycles. The lowest BCUT2D eigenvalue weighted by Gasteiger charge is -2.29. The number of benzene rings is 3. The first-order chi connectivity index (χ1) is 18.9. The highest BCUT2D eigenvalue weighted by molar-refractivity contribution is 5.92. The predicted octanol–water partition coefficient (Wildman–Crippen LogP) is 7.88. The van der Waals surface area contributed by atoms with Crippen molar-refractivity contribution in [3.8, 4) is 22.6 Å². The maximum atomic E-state index is 15.0.